The standard InChI is InChI=1S/C15H24N2O2/c1-9(2)14-8-17(4)12-7-11(15(18)10(3)16)5-6-13(12)19-14/h5-7,9-10,14-15,18H,8,16H2,1-4H3. The van der Waals surface area contributed by atoms with Crippen LogP contribution in [-0.4, -0.2) is 30.8 Å². The van der Waals surface area contributed by atoms with E-state index in [1.165, 1.54) is 0 Å². The Morgan fingerprint density at radius 3 is 2.63 bits per heavy atom. The number of aliphatic hydroxyl groups excluding tert-OH is 1. The molecular weight excluding hydrogens is 240 g/mol. The lowest BCUT2D eigenvalue weighted by atomic mass is 10.0. The third kappa shape index (κ3) is 2.85. The average molecular weight is 264 g/mol. The van der Waals surface area contributed by atoms with Crippen molar-refractivity contribution in [2.45, 2.75) is 39.0 Å². The van der Waals surface area contributed by atoms with Crippen molar-refractivity contribution in [3.8, 4) is 5.75 Å². The molecule has 0 spiro atoms. The van der Waals surface area contributed by atoms with E-state index in [4.69, 9.17) is 10.5 Å². The first-order valence-corrected chi connectivity index (χ1v) is 6.85. The fraction of sp³-hybridized carbons (Fsp3) is 0.600. The van der Waals surface area contributed by atoms with Gasteiger partial charge in [0.05, 0.1) is 18.3 Å². The maximum atomic E-state index is 10.0. The van der Waals surface area contributed by atoms with Crippen molar-refractivity contribution in [3.05, 3.63) is 23.8 Å². The Kier molecular flexibility index (Phi) is 4.02. The third-order valence-corrected chi connectivity index (χ3v) is 3.71. The van der Waals surface area contributed by atoms with Crippen LogP contribution in [0.3, 0.4) is 0 Å². The molecule has 1 aromatic rings. The molecular formula is C15H24N2O2. The van der Waals surface area contributed by atoms with Crippen LogP contribution in [-0.2, 0) is 0 Å². The number of ether oxygens (including phenoxy) is 1. The molecule has 0 saturated heterocycles. The minimum absolute atomic E-state index is 0.210. The van der Waals surface area contributed by atoms with Crippen LogP contribution in [0.15, 0.2) is 18.2 Å². The molecule has 0 aliphatic carbocycles. The van der Waals surface area contributed by atoms with Crippen LogP contribution < -0.4 is 15.4 Å². The molecule has 4 nitrogen and oxygen atoms in total. The molecule has 3 atom stereocenters. The molecule has 0 bridgehead atoms. The minimum atomic E-state index is -0.637. The lowest BCUT2D eigenvalue weighted by Crippen LogP contribution is -2.40. The van der Waals surface area contributed by atoms with E-state index in [9.17, 15) is 5.11 Å². The van der Waals surface area contributed by atoms with Gasteiger partial charge < -0.3 is 20.5 Å². The molecule has 106 valence electrons. The van der Waals surface area contributed by atoms with E-state index in [2.05, 4.69) is 25.8 Å². The summed E-state index contributed by atoms with van der Waals surface area (Å²) in [6, 6.07) is 5.52. The maximum absolute atomic E-state index is 10.0. The van der Waals surface area contributed by atoms with E-state index in [1.54, 1.807) is 6.92 Å². The van der Waals surface area contributed by atoms with Gasteiger partial charge in [-0.3, -0.25) is 0 Å². The van der Waals surface area contributed by atoms with Crippen molar-refractivity contribution in [1.82, 2.24) is 0 Å². The summed E-state index contributed by atoms with van der Waals surface area (Å²) in [6.07, 6.45) is -0.428. The number of fused-ring (bicyclic) bond motifs is 1. The van der Waals surface area contributed by atoms with Gasteiger partial charge in [0.15, 0.2) is 0 Å². The molecule has 1 aliphatic heterocycles. The fourth-order valence-corrected chi connectivity index (χ4v) is 2.34. The lowest BCUT2D eigenvalue weighted by Gasteiger charge is -2.36. The number of likely N-dealkylation sites (N-methyl/N-ethyl adjacent to an activating group) is 1. The van der Waals surface area contributed by atoms with Crippen LogP contribution >= 0.6 is 0 Å². The van der Waals surface area contributed by atoms with E-state index >= 15 is 0 Å². The first-order chi connectivity index (χ1) is 8.90. The highest BCUT2D eigenvalue weighted by Crippen LogP contribution is 2.36. The van der Waals surface area contributed by atoms with Crippen molar-refractivity contribution in [2.24, 2.45) is 11.7 Å². The first-order valence-electron chi connectivity index (χ1n) is 6.85. The van der Waals surface area contributed by atoms with Crippen molar-refractivity contribution in [1.29, 1.82) is 0 Å². The molecule has 2 rings (SSSR count). The van der Waals surface area contributed by atoms with E-state index in [-0.39, 0.29) is 12.1 Å². The number of nitrogens with zero attached hydrogens (tertiary/aromatic N) is 1. The van der Waals surface area contributed by atoms with E-state index in [1.807, 2.05) is 18.2 Å². The smallest absolute Gasteiger partial charge is 0.143 e. The predicted octanol–water partition coefficient (Wildman–Crippen LogP) is 1.92. The topological polar surface area (TPSA) is 58.7 Å². The molecule has 0 fully saturated rings. The molecule has 3 N–H and O–H groups in total. The van der Waals surface area contributed by atoms with E-state index in [0.717, 1.165) is 23.5 Å². The predicted molar refractivity (Wildman–Crippen MR) is 77.6 cm³/mol. The SMILES string of the molecule is CC(C)C1CN(C)c2cc(C(O)C(C)N)ccc2O1. The molecule has 0 radical (unpaired) electrons. The lowest BCUT2D eigenvalue weighted by molar-refractivity contribution is 0.144. The average Bonchev–Trinajstić information content (AvgIpc) is 2.37. The molecule has 1 aromatic carbocycles. The number of benzene rings is 1. The third-order valence-electron chi connectivity index (χ3n) is 3.71. The summed E-state index contributed by atoms with van der Waals surface area (Å²) in [5.74, 6) is 1.36. The van der Waals surface area contributed by atoms with Gasteiger partial charge in [-0.25, -0.2) is 0 Å². The highest BCUT2D eigenvalue weighted by atomic mass is 16.5. The molecule has 0 aromatic heterocycles. The summed E-state index contributed by atoms with van der Waals surface area (Å²) in [5, 5.41) is 10.0. The normalized spacial score (nSPS) is 21.8. The Balaban J connectivity index is 2.29. The van der Waals surface area contributed by atoms with Gasteiger partial charge in [-0.2, -0.15) is 0 Å². The number of aliphatic hydroxyl groups is 1. The van der Waals surface area contributed by atoms with Crippen molar-refractivity contribution in [3.63, 3.8) is 0 Å². The summed E-state index contributed by atoms with van der Waals surface area (Å²) in [4.78, 5) is 2.18. The number of nitrogens with two attached hydrogens (primary N) is 1. The highest BCUT2D eigenvalue weighted by molar-refractivity contribution is 5.61. The van der Waals surface area contributed by atoms with Crippen LogP contribution in [0, 0.1) is 5.92 Å². The van der Waals surface area contributed by atoms with Crippen molar-refractivity contribution < 1.29 is 9.84 Å². The van der Waals surface area contributed by atoms with Gasteiger partial charge >= 0.3 is 0 Å². The summed E-state index contributed by atoms with van der Waals surface area (Å²) >= 11 is 0. The van der Waals surface area contributed by atoms with E-state index < -0.39 is 6.10 Å². The van der Waals surface area contributed by atoms with Gasteiger partial charge in [-0.15, -0.1) is 0 Å². The fourth-order valence-electron chi connectivity index (χ4n) is 2.34. The zero-order valence-electron chi connectivity index (χ0n) is 12.1. The Morgan fingerprint density at radius 2 is 2.05 bits per heavy atom. The molecule has 0 amide bonds. The van der Waals surface area contributed by atoms with Gasteiger partial charge in [-0.1, -0.05) is 19.9 Å². The summed E-state index contributed by atoms with van der Waals surface area (Å²) in [6.45, 7) is 7.00. The molecule has 4 heteroatoms. The van der Waals surface area contributed by atoms with Gasteiger partial charge in [0, 0.05) is 13.1 Å². The van der Waals surface area contributed by atoms with Crippen molar-refractivity contribution >= 4 is 5.69 Å². The second-order valence-corrected chi connectivity index (χ2v) is 5.81. The maximum Gasteiger partial charge on any atom is 0.143 e. The number of anilines is 1. The van der Waals surface area contributed by atoms with Crippen LogP contribution in [0.4, 0.5) is 5.69 Å². The molecule has 1 heterocycles. The second kappa shape index (κ2) is 5.39. The van der Waals surface area contributed by atoms with Gasteiger partial charge in [0.1, 0.15) is 11.9 Å². The second-order valence-electron chi connectivity index (χ2n) is 5.81. The Bertz CT molecular complexity index is 446. The molecule has 19 heavy (non-hydrogen) atoms. The quantitative estimate of drug-likeness (QED) is 0.875. The molecule has 0 saturated carbocycles. The zero-order chi connectivity index (χ0) is 14.2. The Morgan fingerprint density at radius 1 is 1.37 bits per heavy atom. The van der Waals surface area contributed by atoms with Gasteiger partial charge in [-0.05, 0) is 30.5 Å². The Labute approximate surface area is 115 Å². The molecule has 1 aliphatic rings. The number of hydrogen-bond acceptors (Lipinski definition) is 4. The first kappa shape index (κ1) is 14.2. The number of hydrogen-bond donors (Lipinski definition) is 2. The van der Waals surface area contributed by atoms with Crippen LogP contribution in [0.5, 0.6) is 5.75 Å². The minimum Gasteiger partial charge on any atom is -0.486 e. The summed E-state index contributed by atoms with van der Waals surface area (Å²) < 4.78 is 6.00. The van der Waals surface area contributed by atoms with Crippen molar-refractivity contribution in [2.75, 3.05) is 18.5 Å². The molecule has 3 unspecified atom stereocenters. The summed E-state index contributed by atoms with van der Waals surface area (Å²) in [5.41, 5.74) is 7.61. The van der Waals surface area contributed by atoms with Gasteiger partial charge in [0.2, 0.25) is 0 Å². The monoisotopic (exact) mass is 264 g/mol. The number of rotatable bonds is 3. The van der Waals surface area contributed by atoms with E-state index in [0.29, 0.717) is 5.92 Å². The zero-order valence-corrected chi connectivity index (χ0v) is 12.1. The summed E-state index contributed by atoms with van der Waals surface area (Å²) in [7, 11) is 2.05. The van der Waals surface area contributed by atoms with Crippen LogP contribution in [0.2, 0.25) is 0 Å². The Hall–Kier alpha value is -1.26. The van der Waals surface area contributed by atoms with Gasteiger partial charge in [0.25, 0.3) is 0 Å². The highest BCUT2D eigenvalue weighted by Gasteiger charge is 2.26. The largest absolute Gasteiger partial charge is 0.486 e. The van der Waals surface area contributed by atoms with Crippen LogP contribution in [0.1, 0.15) is 32.4 Å². The van der Waals surface area contributed by atoms with Crippen LogP contribution in [0.25, 0.3) is 0 Å².